The highest BCUT2D eigenvalue weighted by atomic mass is 35.5. The van der Waals surface area contributed by atoms with Crippen LogP contribution in [0.5, 0.6) is 0 Å². The van der Waals surface area contributed by atoms with E-state index in [0.717, 1.165) is 11.3 Å². The number of thiophene rings is 1. The van der Waals surface area contributed by atoms with Gasteiger partial charge in [-0.25, -0.2) is 4.98 Å². The second-order valence-corrected chi connectivity index (χ2v) is 4.89. The third kappa shape index (κ3) is 1.83. The van der Waals surface area contributed by atoms with Gasteiger partial charge in [0.2, 0.25) is 5.89 Å². The number of aromatic nitrogens is 1. The van der Waals surface area contributed by atoms with Crippen LogP contribution in [0.1, 0.15) is 23.1 Å². The van der Waals surface area contributed by atoms with E-state index in [-0.39, 0.29) is 5.38 Å². The van der Waals surface area contributed by atoms with Gasteiger partial charge in [-0.05, 0) is 19.9 Å². The van der Waals surface area contributed by atoms with Crippen molar-refractivity contribution in [1.82, 2.24) is 4.98 Å². The van der Waals surface area contributed by atoms with E-state index >= 15 is 0 Å². The Balaban J connectivity index is 2.33. The first-order valence-electron chi connectivity index (χ1n) is 4.32. The van der Waals surface area contributed by atoms with Crippen LogP contribution in [0.4, 0.5) is 0 Å². The Labute approximate surface area is 91.5 Å². The lowest BCUT2D eigenvalue weighted by molar-refractivity contribution is 0.508. The fourth-order valence-corrected chi connectivity index (χ4v) is 1.97. The summed E-state index contributed by atoms with van der Waals surface area (Å²) in [5.74, 6) is 1.36. The fourth-order valence-electron chi connectivity index (χ4n) is 1.18. The number of alkyl halides is 1. The monoisotopic (exact) mass is 227 g/mol. The third-order valence-electron chi connectivity index (χ3n) is 1.88. The van der Waals surface area contributed by atoms with Gasteiger partial charge in [-0.15, -0.1) is 22.9 Å². The zero-order valence-electron chi connectivity index (χ0n) is 7.95. The molecular weight excluding hydrogens is 218 g/mol. The van der Waals surface area contributed by atoms with Gasteiger partial charge >= 0.3 is 0 Å². The Morgan fingerprint density at radius 2 is 2.36 bits per heavy atom. The molecule has 1 atom stereocenters. The molecule has 0 bridgehead atoms. The average molecular weight is 228 g/mol. The van der Waals surface area contributed by atoms with Gasteiger partial charge in [0, 0.05) is 15.8 Å². The number of halogens is 1. The van der Waals surface area contributed by atoms with Crippen LogP contribution in [0.3, 0.4) is 0 Å². The summed E-state index contributed by atoms with van der Waals surface area (Å²) < 4.78 is 5.51. The normalized spacial score (nSPS) is 13.1. The molecule has 2 aromatic heterocycles. The predicted molar refractivity (Wildman–Crippen MR) is 58.8 cm³/mol. The third-order valence-corrected chi connectivity index (χ3v) is 2.93. The minimum absolute atomic E-state index is 0.177. The molecule has 0 amide bonds. The molecule has 74 valence electrons. The summed E-state index contributed by atoms with van der Waals surface area (Å²) in [6.07, 6.45) is 1.72. The minimum atomic E-state index is -0.177. The quantitative estimate of drug-likeness (QED) is 0.725. The van der Waals surface area contributed by atoms with Gasteiger partial charge in [-0.1, -0.05) is 0 Å². The average Bonchev–Trinajstić information content (AvgIpc) is 2.70. The molecule has 4 heteroatoms. The second-order valence-electron chi connectivity index (χ2n) is 3.12. The standard InChI is InChI=1S/C10H10ClNOS/c1-6-3-8(5-14-6)9-4-12-10(13-9)7(2)11/h3-5,7H,1-2H3. The van der Waals surface area contributed by atoms with Crippen LogP contribution in [0.15, 0.2) is 22.1 Å². The molecule has 0 spiro atoms. The van der Waals surface area contributed by atoms with Gasteiger partial charge in [-0.3, -0.25) is 0 Å². The van der Waals surface area contributed by atoms with Crippen molar-refractivity contribution < 1.29 is 4.42 Å². The topological polar surface area (TPSA) is 26.0 Å². The SMILES string of the molecule is Cc1cc(-c2cnc(C(C)Cl)o2)cs1. The molecule has 0 aliphatic heterocycles. The first-order valence-corrected chi connectivity index (χ1v) is 5.63. The molecule has 0 saturated carbocycles. The molecule has 1 unspecified atom stereocenters. The fraction of sp³-hybridized carbons (Fsp3) is 0.300. The molecule has 0 fully saturated rings. The Hall–Kier alpha value is -0.800. The Bertz CT molecular complexity index is 433. The van der Waals surface area contributed by atoms with Crippen LogP contribution in [0.25, 0.3) is 11.3 Å². The van der Waals surface area contributed by atoms with E-state index in [1.54, 1.807) is 17.5 Å². The van der Waals surface area contributed by atoms with Crippen LogP contribution < -0.4 is 0 Å². The number of rotatable bonds is 2. The number of aryl methyl sites for hydroxylation is 1. The Morgan fingerprint density at radius 1 is 1.57 bits per heavy atom. The van der Waals surface area contributed by atoms with E-state index < -0.39 is 0 Å². The second kappa shape index (κ2) is 3.75. The molecule has 0 saturated heterocycles. The molecule has 0 aliphatic carbocycles. The summed E-state index contributed by atoms with van der Waals surface area (Å²) in [6, 6.07) is 2.08. The van der Waals surface area contributed by atoms with Crippen LogP contribution in [-0.2, 0) is 0 Å². The number of oxazole rings is 1. The highest BCUT2D eigenvalue weighted by molar-refractivity contribution is 7.10. The lowest BCUT2D eigenvalue weighted by atomic mass is 10.3. The van der Waals surface area contributed by atoms with E-state index in [0.29, 0.717) is 5.89 Å². The van der Waals surface area contributed by atoms with E-state index in [1.165, 1.54) is 4.88 Å². The maximum atomic E-state index is 5.86. The molecule has 0 N–H and O–H groups in total. The van der Waals surface area contributed by atoms with Crippen molar-refractivity contribution in [3.63, 3.8) is 0 Å². The van der Waals surface area contributed by atoms with Crippen molar-refractivity contribution >= 4 is 22.9 Å². The summed E-state index contributed by atoms with van der Waals surface area (Å²) in [6.45, 7) is 3.91. The maximum absolute atomic E-state index is 5.86. The number of hydrogen-bond acceptors (Lipinski definition) is 3. The van der Waals surface area contributed by atoms with Crippen LogP contribution in [-0.4, -0.2) is 4.98 Å². The molecule has 2 rings (SSSR count). The van der Waals surface area contributed by atoms with Crippen LogP contribution >= 0.6 is 22.9 Å². The van der Waals surface area contributed by atoms with Crippen molar-refractivity contribution in [3.8, 4) is 11.3 Å². The van der Waals surface area contributed by atoms with Gasteiger partial charge in [0.25, 0.3) is 0 Å². The zero-order chi connectivity index (χ0) is 10.1. The van der Waals surface area contributed by atoms with Crippen molar-refractivity contribution in [2.45, 2.75) is 19.2 Å². The lowest BCUT2D eigenvalue weighted by Gasteiger charge is -1.93. The number of nitrogens with zero attached hydrogens (tertiary/aromatic N) is 1. The van der Waals surface area contributed by atoms with Gasteiger partial charge in [0.1, 0.15) is 5.38 Å². The summed E-state index contributed by atoms with van der Waals surface area (Å²) in [7, 11) is 0. The smallest absolute Gasteiger partial charge is 0.212 e. The first kappa shape index (κ1) is 9.74. The predicted octanol–water partition coefficient (Wildman–Crippen LogP) is 4.01. The lowest BCUT2D eigenvalue weighted by Crippen LogP contribution is -1.80. The van der Waals surface area contributed by atoms with Crippen molar-refractivity contribution in [2.75, 3.05) is 0 Å². The molecule has 0 radical (unpaired) electrons. The largest absolute Gasteiger partial charge is 0.439 e. The van der Waals surface area contributed by atoms with E-state index in [9.17, 15) is 0 Å². The molecule has 2 heterocycles. The highest BCUT2D eigenvalue weighted by Gasteiger charge is 2.11. The van der Waals surface area contributed by atoms with Crippen molar-refractivity contribution in [2.24, 2.45) is 0 Å². The molecule has 14 heavy (non-hydrogen) atoms. The Morgan fingerprint density at radius 3 is 2.86 bits per heavy atom. The van der Waals surface area contributed by atoms with Gasteiger partial charge < -0.3 is 4.42 Å². The summed E-state index contributed by atoms with van der Waals surface area (Å²) >= 11 is 7.55. The minimum Gasteiger partial charge on any atom is -0.439 e. The van der Waals surface area contributed by atoms with E-state index in [1.807, 2.05) is 6.92 Å². The maximum Gasteiger partial charge on any atom is 0.212 e. The zero-order valence-corrected chi connectivity index (χ0v) is 9.52. The molecular formula is C10H10ClNOS. The van der Waals surface area contributed by atoms with Gasteiger partial charge in [0.05, 0.1) is 6.20 Å². The molecule has 2 aromatic rings. The molecule has 0 aliphatic rings. The van der Waals surface area contributed by atoms with Crippen LogP contribution in [0, 0.1) is 6.92 Å². The first-order chi connectivity index (χ1) is 6.66. The number of hydrogen-bond donors (Lipinski definition) is 0. The van der Waals surface area contributed by atoms with Crippen molar-refractivity contribution in [1.29, 1.82) is 0 Å². The van der Waals surface area contributed by atoms with Crippen LogP contribution in [0.2, 0.25) is 0 Å². The van der Waals surface area contributed by atoms with Crippen molar-refractivity contribution in [3.05, 3.63) is 28.4 Å². The Kier molecular flexibility index (Phi) is 2.61. The summed E-state index contributed by atoms with van der Waals surface area (Å²) in [4.78, 5) is 5.37. The van der Waals surface area contributed by atoms with Gasteiger partial charge in [-0.2, -0.15) is 0 Å². The summed E-state index contributed by atoms with van der Waals surface area (Å²) in [5, 5.41) is 1.88. The van der Waals surface area contributed by atoms with E-state index in [2.05, 4.69) is 23.4 Å². The van der Waals surface area contributed by atoms with E-state index in [4.69, 9.17) is 16.0 Å². The molecule has 2 nitrogen and oxygen atoms in total. The molecule has 0 aromatic carbocycles. The van der Waals surface area contributed by atoms with Gasteiger partial charge in [0.15, 0.2) is 5.76 Å². The summed E-state index contributed by atoms with van der Waals surface area (Å²) in [5.41, 5.74) is 1.07. The highest BCUT2D eigenvalue weighted by Crippen LogP contribution is 2.28.